The SMILES string of the molecule is Cc1cc(F)ccc1S(=O)(=O)NCC(C)CN.Cl. The van der Waals surface area contributed by atoms with Gasteiger partial charge in [0.2, 0.25) is 10.0 Å². The van der Waals surface area contributed by atoms with Gasteiger partial charge in [-0.25, -0.2) is 17.5 Å². The van der Waals surface area contributed by atoms with Crippen LogP contribution in [0.4, 0.5) is 4.39 Å². The van der Waals surface area contributed by atoms with Crippen LogP contribution in [-0.2, 0) is 10.0 Å². The van der Waals surface area contributed by atoms with Crippen molar-refractivity contribution in [2.75, 3.05) is 13.1 Å². The van der Waals surface area contributed by atoms with Gasteiger partial charge in [0.15, 0.2) is 0 Å². The number of nitrogens with two attached hydrogens (primary N) is 1. The summed E-state index contributed by atoms with van der Waals surface area (Å²) in [5.41, 5.74) is 5.79. The first-order valence-corrected chi connectivity index (χ1v) is 6.81. The van der Waals surface area contributed by atoms with E-state index in [1.54, 1.807) is 6.92 Å². The topological polar surface area (TPSA) is 72.2 Å². The number of hydrogen-bond donors (Lipinski definition) is 2. The average molecular weight is 297 g/mol. The van der Waals surface area contributed by atoms with Crippen LogP contribution in [0.5, 0.6) is 0 Å². The molecule has 1 aromatic carbocycles. The van der Waals surface area contributed by atoms with Crippen LogP contribution in [0.15, 0.2) is 23.1 Å². The zero-order valence-electron chi connectivity index (χ0n) is 10.3. The molecule has 7 heteroatoms. The minimum atomic E-state index is -3.59. The Morgan fingerprint density at radius 3 is 2.56 bits per heavy atom. The van der Waals surface area contributed by atoms with Gasteiger partial charge in [0, 0.05) is 6.54 Å². The Bertz CT molecular complexity index is 494. The molecule has 1 rings (SSSR count). The molecule has 0 fully saturated rings. The van der Waals surface area contributed by atoms with Gasteiger partial charge in [0.25, 0.3) is 0 Å². The summed E-state index contributed by atoms with van der Waals surface area (Å²) in [6, 6.07) is 3.59. The van der Waals surface area contributed by atoms with E-state index in [4.69, 9.17) is 5.73 Å². The van der Waals surface area contributed by atoms with Crippen molar-refractivity contribution < 1.29 is 12.8 Å². The van der Waals surface area contributed by atoms with Crippen LogP contribution in [0.3, 0.4) is 0 Å². The predicted molar refractivity (Wildman–Crippen MR) is 71.8 cm³/mol. The van der Waals surface area contributed by atoms with Crippen LogP contribution in [0.25, 0.3) is 0 Å². The molecule has 0 amide bonds. The predicted octanol–water partition coefficient (Wildman–Crippen LogP) is 1.43. The van der Waals surface area contributed by atoms with Gasteiger partial charge in [0.05, 0.1) is 4.90 Å². The molecule has 0 heterocycles. The third kappa shape index (κ3) is 4.53. The van der Waals surface area contributed by atoms with Gasteiger partial charge in [-0.05, 0) is 43.1 Å². The second kappa shape index (κ2) is 7.04. The average Bonchev–Trinajstić information content (AvgIpc) is 2.25. The highest BCUT2D eigenvalue weighted by atomic mass is 35.5. The van der Waals surface area contributed by atoms with Crippen molar-refractivity contribution in [1.82, 2.24) is 4.72 Å². The summed E-state index contributed by atoms with van der Waals surface area (Å²) in [6.07, 6.45) is 0. The second-order valence-corrected chi connectivity index (χ2v) is 5.84. The van der Waals surface area contributed by atoms with E-state index in [-0.39, 0.29) is 29.8 Å². The van der Waals surface area contributed by atoms with Crippen molar-refractivity contribution in [2.24, 2.45) is 11.7 Å². The highest BCUT2D eigenvalue weighted by Gasteiger charge is 2.17. The summed E-state index contributed by atoms with van der Waals surface area (Å²) >= 11 is 0. The van der Waals surface area contributed by atoms with Crippen LogP contribution in [0.1, 0.15) is 12.5 Å². The Kier molecular flexibility index (Phi) is 6.77. The molecule has 0 radical (unpaired) electrons. The number of rotatable bonds is 5. The van der Waals surface area contributed by atoms with Crippen molar-refractivity contribution in [3.63, 3.8) is 0 Å². The number of nitrogens with one attached hydrogen (secondary N) is 1. The molecule has 0 saturated carbocycles. The number of hydrogen-bond acceptors (Lipinski definition) is 3. The molecule has 0 bridgehead atoms. The lowest BCUT2D eigenvalue weighted by molar-refractivity contribution is 0.544. The van der Waals surface area contributed by atoms with Crippen molar-refractivity contribution in [1.29, 1.82) is 0 Å². The van der Waals surface area contributed by atoms with Gasteiger partial charge in [-0.1, -0.05) is 6.92 Å². The number of benzene rings is 1. The van der Waals surface area contributed by atoms with Crippen molar-refractivity contribution in [3.05, 3.63) is 29.6 Å². The lowest BCUT2D eigenvalue weighted by Gasteiger charge is -2.12. The Morgan fingerprint density at radius 1 is 1.44 bits per heavy atom. The van der Waals surface area contributed by atoms with Gasteiger partial charge in [-0.3, -0.25) is 0 Å². The van der Waals surface area contributed by atoms with E-state index in [1.165, 1.54) is 12.1 Å². The Balaban J connectivity index is 0.00000289. The monoisotopic (exact) mass is 296 g/mol. The normalized spacial score (nSPS) is 12.9. The van der Waals surface area contributed by atoms with Gasteiger partial charge in [-0.2, -0.15) is 0 Å². The highest BCUT2D eigenvalue weighted by molar-refractivity contribution is 7.89. The number of aryl methyl sites for hydroxylation is 1. The molecule has 0 aliphatic heterocycles. The first kappa shape index (κ1) is 17.3. The summed E-state index contributed by atoms with van der Waals surface area (Å²) < 4.78 is 39.1. The summed E-state index contributed by atoms with van der Waals surface area (Å²) in [4.78, 5) is 0.100. The largest absolute Gasteiger partial charge is 0.330 e. The highest BCUT2D eigenvalue weighted by Crippen LogP contribution is 2.15. The van der Waals surface area contributed by atoms with Crippen LogP contribution in [0, 0.1) is 18.7 Å². The molecule has 4 nitrogen and oxygen atoms in total. The maximum absolute atomic E-state index is 12.9. The summed E-state index contributed by atoms with van der Waals surface area (Å²) in [7, 11) is -3.59. The fourth-order valence-electron chi connectivity index (χ4n) is 1.33. The maximum atomic E-state index is 12.9. The first-order valence-electron chi connectivity index (χ1n) is 5.32. The third-order valence-electron chi connectivity index (χ3n) is 2.45. The zero-order valence-corrected chi connectivity index (χ0v) is 11.9. The van der Waals surface area contributed by atoms with E-state index < -0.39 is 15.8 Å². The summed E-state index contributed by atoms with van der Waals surface area (Å²) in [5.74, 6) is -0.387. The van der Waals surface area contributed by atoms with Crippen molar-refractivity contribution in [2.45, 2.75) is 18.7 Å². The molecular formula is C11H18ClFN2O2S. The molecular weight excluding hydrogens is 279 g/mol. The molecule has 0 aliphatic carbocycles. The Hall–Kier alpha value is -0.690. The first-order chi connectivity index (χ1) is 7.86. The van der Waals surface area contributed by atoms with E-state index in [0.29, 0.717) is 12.1 Å². The van der Waals surface area contributed by atoms with E-state index in [0.717, 1.165) is 6.07 Å². The third-order valence-corrected chi connectivity index (χ3v) is 4.03. The minimum absolute atomic E-state index is 0. The van der Waals surface area contributed by atoms with Crippen LogP contribution in [0.2, 0.25) is 0 Å². The van der Waals surface area contributed by atoms with Crippen molar-refractivity contribution >= 4 is 22.4 Å². The van der Waals surface area contributed by atoms with Gasteiger partial charge < -0.3 is 5.73 Å². The second-order valence-electron chi connectivity index (χ2n) is 4.10. The Labute approximate surface area is 113 Å². The minimum Gasteiger partial charge on any atom is -0.330 e. The fraction of sp³-hybridized carbons (Fsp3) is 0.455. The molecule has 3 N–H and O–H groups in total. The van der Waals surface area contributed by atoms with Crippen LogP contribution < -0.4 is 10.5 Å². The van der Waals surface area contributed by atoms with Crippen molar-refractivity contribution in [3.8, 4) is 0 Å². The van der Waals surface area contributed by atoms with E-state index in [1.807, 2.05) is 6.92 Å². The van der Waals surface area contributed by atoms with E-state index in [9.17, 15) is 12.8 Å². The number of halogens is 2. The molecule has 0 aliphatic rings. The van der Waals surface area contributed by atoms with Gasteiger partial charge in [-0.15, -0.1) is 12.4 Å². The van der Waals surface area contributed by atoms with E-state index >= 15 is 0 Å². The lowest BCUT2D eigenvalue weighted by atomic mass is 10.2. The molecule has 18 heavy (non-hydrogen) atoms. The molecule has 1 unspecified atom stereocenters. The zero-order chi connectivity index (χ0) is 13.1. The van der Waals surface area contributed by atoms with E-state index in [2.05, 4.69) is 4.72 Å². The summed E-state index contributed by atoms with van der Waals surface area (Å²) in [5, 5.41) is 0. The number of sulfonamides is 1. The molecule has 1 aromatic rings. The lowest BCUT2D eigenvalue weighted by Crippen LogP contribution is -2.31. The molecule has 0 aromatic heterocycles. The molecule has 0 spiro atoms. The van der Waals surface area contributed by atoms with Crippen LogP contribution in [-0.4, -0.2) is 21.5 Å². The molecule has 1 atom stereocenters. The van der Waals surface area contributed by atoms with Gasteiger partial charge >= 0.3 is 0 Å². The molecule has 0 saturated heterocycles. The Morgan fingerprint density at radius 2 is 2.06 bits per heavy atom. The quantitative estimate of drug-likeness (QED) is 0.863. The summed E-state index contributed by atoms with van der Waals surface area (Å²) in [6.45, 7) is 4.09. The van der Waals surface area contributed by atoms with Gasteiger partial charge in [0.1, 0.15) is 5.82 Å². The smallest absolute Gasteiger partial charge is 0.240 e. The molecule has 104 valence electrons. The maximum Gasteiger partial charge on any atom is 0.240 e. The van der Waals surface area contributed by atoms with Crippen LogP contribution >= 0.6 is 12.4 Å². The standard InChI is InChI=1S/C11H17FN2O2S.ClH/c1-8(6-13)7-14-17(15,16)11-4-3-10(12)5-9(11)2;/h3-5,8,14H,6-7,13H2,1-2H3;1H. The fourth-order valence-corrected chi connectivity index (χ4v) is 2.72.